The van der Waals surface area contributed by atoms with E-state index in [-0.39, 0.29) is 11.8 Å². The average Bonchev–Trinajstić information content (AvgIpc) is 2.95. The Hall–Kier alpha value is -1.40. The highest BCUT2D eigenvalue weighted by molar-refractivity contribution is 7.11. The summed E-state index contributed by atoms with van der Waals surface area (Å²) >= 11 is 1.77. The minimum atomic E-state index is -0.746. The van der Waals surface area contributed by atoms with Gasteiger partial charge < -0.3 is 15.3 Å². The summed E-state index contributed by atoms with van der Waals surface area (Å²) in [6.45, 7) is 4.26. The standard InChI is InChI=1S/C15H22N2O3S/c1-2-12-3-4-13(21-12)9-16-10-14(18)17-7-5-11(6-8-17)15(19)20/h3-4,11,16H,2,5-10H2,1H3,(H,19,20). The van der Waals surface area contributed by atoms with Crippen LogP contribution in [0.4, 0.5) is 0 Å². The highest BCUT2D eigenvalue weighted by atomic mass is 32.1. The highest BCUT2D eigenvalue weighted by Gasteiger charge is 2.26. The third-order valence-corrected chi connectivity index (χ3v) is 5.07. The molecule has 0 radical (unpaired) electrons. The lowest BCUT2D eigenvalue weighted by Gasteiger charge is -2.30. The lowest BCUT2D eigenvalue weighted by atomic mass is 9.97. The Bertz CT molecular complexity index is 493. The van der Waals surface area contributed by atoms with E-state index in [2.05, 4.69) is 24.4 Å². The SMILES string of the molecule is CCc1ccc(CNCC(=O)N2CCC(C(=O)O)CC2)s1. The summed E-state index contributed by atoms with van der Waals surface area (Å²) < 4.78 is 0. The van der Waals surface area contributed by atoms with Gasteiger partial charge in [-0.25, -0.2) is 0 Å². The van der Waals surface area contributed by atoms with Crippen molar-refractivity contribution < 1.29 is 14.7 Å². The van der Waals surface area contributed by atoms with Gasteiger partial charge in [0.15, 0.2) is 0 Å². The number of hydrogen-bond donors (Lipinski definition) is 2. The molecule has 2 heterocycles. The van der Waals surface area contributed by atoms with E-state index < -0.39 is 5.97 Å². The highest BCUT2D eigenvalue weighted by Crippen LogP contribution is 2.18. The fourth-order valence-electron chi connectivity index (χ4n) is 2.49. The number of aryl methyl sites for hydroxylation is 1. The maximum absolute atomic E-state index is 12.0. The first-order valence-corrected chi connectivity index (χ1v) is 8.20. The number of carboxylic acid groups (broad SMARTS) is 1. The van der Waals surface area contributed by atoms with Gasteiger partial charge in [0.1, 0.15) is 0 Å². The fourth-order valence-corrected chi connectivity index (χ4v) is 3.42. The second-order valence-corrected chi connectivity index (χ2v) is 6.57. The zero-order valence-corrected chi connectivity index (χ0v) is 13.1. The lowest BCUT2D eigenvalue weighted by Crippen LogP contribution is -2.43. The number of likely N-dealkylation sites (tertiary alicyclic amines) is 1. The van der Waals surface area contributed by atoms with Gasteiger partial charge in [-0.3, -0.25) is 9.59 Å². The molecule has 1 aromatic rings. The monoisotopic (exact) mass is 310 g/mol. The molecule has 1 aliphatic rings. The van der Waals surface area contributed by atoms with Crippen LogP contribution in [0.25, 0.3) is 0 Å². The van der Waals surface area contributed by atoms with Crippen LogP contribution in [0.5, 0.6) is 0 Å². The quantitative estimate of drug-likeness (QED) is 0.839. The summed E-state index contributed by atoms with van der Waals surface area (Å²) in [5.74, 6) is -0.976. The average molecular weight is 310 g/mol. The molecule has 0 bridgehead atoms. The van der Waals surface area contributed by atoms with Gasteiger partial charge in [0.05, 0.1) is 12.5 Å². The number of nitrogens with one attached hydrogen (secondary N) is 1. The molecule has 0 spiro atoms. The first-order chi connectivity index (χ1) is 10.1. The van der Waals surface area contributed by atoms with E-state index in [1.807, 2.05) is 0 Å². The number of carbonyl (C=O) groups excluding carboxylic acids is 1. The van der Waals surface area contributed by atoms with Crippen molar-refractivity contribution in [2.45, 2.75) is 32.7 Å². The van der Waals surface area contributed by atoms with Crippen molar-refractivity contribution in [3.63, 3.8) is 0 Å². The number of nitrogens with zero attached hydrogens (tertiary/aromatic N) is 1. The van der Waals surface area contributed by atoms with Gasteiger partial charge in [0.2, 0.25) is 5.91 Å². The van der Waals surface area contributed by atoms with E-state index in [9.17, 15) is 9.59 Å². The number of hydrogen-bond acceptors (Lipinski definition) is 4. The van der Waals surface area contributed by atoms with Gasteiger partial charge in [-0.1, -0.05) is 6.92 Å². The van der Waals surface area contributed by atoms with Crippen LogP contribution < -0.4 is 5.32 Å². The predicted molar refractivity (Wildman–Crippen MR) is 82.3 cm³/mol. The molecule has 1 amide bonds. The molecule has 1 aromatic heterocycles. The Labute approximate surface area is 129 Å². The van der Waals surface area contributed by atoms with Crippen molar-refractivity contribution in [2.24, 2.45) is 5.92 Å². The number of rotatable bonds is 6. The van der Waals surface area contributed by atoms with Crippen LogP contribution in [0.15, 0.2) is 12.1 Å². The fraction of sp³-hybridized carbons (Fsp3) is 0.600. The molecular weight excluding hydrogens is 288 g/mol. The van der Waals surface area contributed by atoms with Crippen LogP contribution in [0.3, 0.4) is 0 Å². The summed E-state index contributed by atoms with van der Waals surface area (Å²) in [4.78, 5) is 27.3. The molecule has 21 heavy (non-hydrogen) atoms. The van der Waals surface area contributed by atoms with E-state index in [4.69, 9.17) is 5.11 Å². The van der Waals surface area contributed by atoms with Gasteiger partial charge in [-0.15, -0.1) is 11.3 Å². The molecule has 0 aliphatic carbocycles. The molecule has 2 rings (SSSR count). The molecule has 0 aromatic carbocycles. The number of thiophene rings is 1. The van der Waals surface area contributed by atoms with E-state index in [1.54, 1.807) is 16.2 Å². The normalized spacial score (nSPS) is 16.1. The minimum absolute atomic E-state index is 0.0612. The van der Waals surface area contributed by atoms with Gasteiger partial charge in [-0.2, -0.15) is 0 Å². The predicted octanol–water partition coefficient (Wildman–Crippen LogP) is 1.72. The Balaban J connectivity index is 1.69. The number of amides is 1. The van der Waals surface area contributed by atoms with E-state index >= 15 is 0 Å². The molecule has 5 nitrogen and oxygen atoms in total. The summed E-state index contributed by atoms with van der Waals surface area (Å²) in [6, 6.07) is 4.22. The molecular formula is C15H22N2O3S. The van der Waals surface area contributed by atoms with Gasteiger partial charge in [0, 0.05) is 29.4 Å². The van der Waals surface area contributed by atoms with Crippen LogP contribution in [-0.2, 0) is 22.6 Å². The second-order valence-electron chi connectivity index (χ2n) is 5.32. The second kappa shape index (κ2) is 7.56. The van der Waals surface area contributed by atoms with Gasteiger partial charge in [-0.05, 0) is 31.4 Å². The molecule has 0 unspecified atom stereocenters. The lowest BCUT2D eigenvalue weighted by molar-refractivity contribution is -0.145. The number of aliphatic carboxylic acids is 1. The number of carboxylic acids is 1. The maximum atomic E-state index is 12.0. The topological polar surface area (TPSA) is 69.6 Å². The first-order valence-electron chi connectivity index (χ1n) is 7.39. The molecule has 116 valence electrons. The third-order valence-electron chi connectivity index (χ3n) is 3.84. The maximum Gasteiger partial charge on any atom is 0.306 e. The van der Waals surface area contributed by atoms with Crippen molar-refractivity contribution in [1.82, 2.24) is 10.2 Å². The Morgan fingerprint density at radius 1 is 1.33 bits per heavy atom. The van der Waals surface area contributed by atoms with Crippen molar-refractivity contribution >= 4 is 23.2 Å². The van der Waals surface area contributed by atoms with Crippen molar-refractivity contribution in [3.05, 3.63) is 21.9 Å². The molecule has 1 saturated heterocycles. The molecule has 6 heteroatoms. The molecule has 1 aliphatic heterocycles. The van der Waals surface area contributed by atoms with Gasteiger partial charge >= 0.3 is 5.97 Å². The van der Waals surface area contributed by atoms with Crippen LogP contribution >= 0.6 is 11.3 Å². The van der Waals surface area contributed by atoms with Crippen molar-refractivity contribution in [3.8, 4) is 0 Å². The molecule has 0 atom stereocenters. The smallest absolute Gasteiger partial charge is 0.306 e. The molecule has 2 N–H and O–H groups in total. The number of piperidine rings is 1. The Morgan fingerprint density at radius 3 is 2.57 bits per heavy atom. The number of carbonyl (C=O) groups is 2. The summed E-state index contributed by atoms with van der Waals surface area (Å²) in [7, 11) is 0. The van der Waals surface area contributed by atoms with Crippen LogP contribution in [0.1, 0.15) is 29.5 Å². The van der Waals surface area contributed by atoms with Gasteiger partial charge in [0.25, 0.3) is 0 Å². The van der Waals surface area contributed by atoms with Crippen molar-refractivity contribution in [2.75, 3.05) is 19.6 Å². The molecule has 1 fully saturated rings. The molecule has 0 saturated carbocycles. The zero-order valence-electron chi connectivity index (χ0n) is 12.3. The summed E-state index contributed by atoms with van der Waals surface area (Å²) in [6.07, 6.45) is 2.17. The van der Waals surface area contributed by atoms with E-state index in [0.29, 0.717) is 39.0 Å². The van der Waals surface area contributed by atoms with Crippen LogP contribution in [0, 0.1) is 5.92 Å². The van der Waals surface area contributed by atoms with Crippen molar-refractivity contribution in [1.29, 1.82) is 0 Å². The summed E-state index contributed by atoms with van der Waals surface area (Å²) in [5, 5.41) is 12.1. The van der Waals surface area contributed by atoms with E-state index in [1.165, 1.54) is 9.75 Å². The Morgan fingerprint density at radius 2 is 2.00 bits per heavy atom. The van der Waals surface area contributed by atoms with Crippen LogP contribution in [-0.4, -0.2) is 41.5 Å². The summed E-state index contributed by atoms with van der Waals surface area (Å²) in [5.41, 5.74) is 0. The largest absolute Gasteiger partial charge is 0.481 e. The van der Waals surface area contributed by atoms with E-state index in [0.717, 1.165) is 6.42 Å². The Kier molecular flexibility index (Phi) is 5.76. The third kappa shape index (κ3) is 4.54. The van der Waals surface area contributed by atoms with Crippen LogP contribution in [0.2, 0.25) is 0 Å². The first kappa shape index (κ1) is 16.0. The minimum Gasteiger partial charge on any atom is -0.481 e. The zero-order chi connectivity index (χ0) is 15.2.